The number of hydrogen-bond donors (Lipinski definition) is 2. The highest BCUT2D eigenvalue weighted by Gasteiger charge is 2.17. The molecule has 2 aromatic carbocycles. The number of rotatable bonds is 6. The summed E-state index contributed by atoms with van der Waals surface area (Å²) < 4.78 is 11.2. The molecular weight excluding hydrogens is 424 g/mol. The Morgan fingerprint density at radius 1 is 1.07 bits per heavy atom. The molecule has 1 heterocycles. The molecule has 0 bridgehead atoms. The zero-order chi connectivity index (χ0) is 19.9. The third kappa shape index (κ3) is 4.89. The summed E-state index contributed by atoms with van der Waals surface area (Å²) in [5.41, 5.74) is 1.28. The van der Waals surface area contributed by atoms with Gasteiger partial charge in [0.15, 0.2) is 5.76 Å². The molecule has 0 spiro atoms. The summed E-state index contributed by atoms with van der Waals surface area (Å²) in [4.78, 5) is 25.3. The van der Waals surface area contributed by atoms with Crippen LogP contribution in [0.4, 0.5) is 5.69 Å². The van der Waals surface area contributed by atoms with E-state index in [2.05, 4.69) is 26.6 Å². The number of benzene rings is 2. The van der Waals surface area contributed by atoms with Crippen molar-refractivity contribution < 1.29 is 18.7 Å². The van der Waals surface area contributed by atoms with Crippen molar-refractivity contribution in [2.75, 3.05) is 12.4 Å². The normalized spacial score (nSPS) is 11.0. The number of para-hydroxylation sites is 2. The minimum atomic E-state index is -0.526. The number of carbonyl (C=O) groups excluding carboxylic acids is 2. The number of ether oxygens (including phenoxy) is 1. The lowest BCUT2D eigenvalue weighted by Gasteiger charge is -2.13. The molecule has 142 valence electrons. The second kappa shape index (κ2) is 9.05. The van der Waals surface area contributed by atoms with Gasteiger partial charge in [0.2, 0.25) is 0 Å². The third-order valence-corrected chi connectivity index (χ3v) is 4.25. The van der Waals surface area contributed by atoms with E-state index in [4.69, 9.17) is 9.15 Å². The number of hydrogen-bond acceptors (Lipinski definition) is 4. The van der Waals surface area contributed by atoms with Crippen molar-refractivity contribution >= 4 is 39.5 Å². The number of nitrogens with one attached hydrogen (secondary N) is 2. The first-order valence-corrected chi connectivity index (χ1v) is 9.12. The van der Waals surface area contributed by atoms with E-state index in [1.165, 1.54) is 19.4 Å². The third-order valence-electron chi connectivity index (χ3n) is 3.75. The molecule has 0 unspecified atom stereocenters. The van der Waals surface area contributed by atoms with Crippen LogP contribution in [0.5, 0.6) is 5.75 Å². The van der Waals surface area contributed by atoms with Gasteiger partial charge in [-0.15, -0.1) is 0 Å². The number of amides is 2. The zero-order valence-corrected chi connectivity index (χ0v) is 16.5. The van der Waals surface area contributed by atoms with E-state index in [1.54, 1.807) is 36.4 Å². The molecule has 0 saturated carbocycles. The molecule has 0 atom stereocenters. The number of anilines is 1. The lowest BCUT2D eigenvalue weighted by atomic mass is 10.2. The highest BCUT2D eigenvalue weighted by atomic mass is 79.9. The van der Waals surface area contributed by atoms with Crippen molar-refractivity contribution in [1.29, 1.82) is 0 Å². The minimum Gasteiger partial charge on any atom is -0.495 e. The van der Waals surface area contributed by atoms with Gasteiger partial charge in [0.1, 0.15) is 11.4 Å². The molecule has 3 rings (SSSR count). The predicted molar refractivity (Wildman–Crippen MR) is 110 cm³/mol. The van der Waals surface area contributed by atoms with Crippen LogP contribution in [0.25, 0.3) is 6.08 Å². The molecule has 0 radical (unpaired) electrons. The van der Waals surface area contributed by atoms with Crippen molar-refractivity contribution in [2.45, 2.75) is 0 Å². The fourth-order valence-electron chi connectivity index (χ4n) is 2.45. The van der Waals surface area contributed by atoms with Gasteiger partial charge in [-0.3, -0.25) is 9.59 Å². The van der Waals surface area contributed by atoms with Crippen LogP contribution < -0.4 is 15.4 Å². The summed E-state index contributed by atoms with van der Waals surface area (Å²) in [5, 5.41) is 5.36. The van der Waals surface area contributed by atoms with Crippen LogP contribution >= 0.6 is 15.9 Å². The van der Waals surface area contributed by atoms with Crippen molar-refractivity contribution in [2.24, 2.45) is 0 Å². The van der Waals surface area contributed by atoms with Gasteiger partial charge < -0.3 is 19.8 Å². The number of carbonyl (C=O) groups is 2. The number of furan rings is 1. The molecule has 7 heteroatoms. The van der Waals surface area contributed by atoms with E-state index in [1.807, 2.05) is 24.3 Å². The molecule has 0 aliphatic heterocycles. The summed E-state index contributed by atoms with van der Waals surface area (Å²) in [6.45, 7) is 0. The maximum absolute atomic E-state index is 12.9. The first-order chi connectivity index (χ1) is 13.6. The van der Waals surface area contributed by atoms with Crippen LogP contribution in [-0.4, -0.2) is 18.9 Å². The maximum Gasteiger partial charge on any atom is 0.291 e. The quantitative estimate of drug-likeness (QED) is 0.554. The van der Waals surface area contributed by atoms with Crippen molar-refractivity contribution in [3.8, 4) is 5.75 Å². The first kappa shape index (κ1) is 19.4. The lowest BCUT2D eigenvalue weighted by molar-refractivity contribution is -0.113. The van der Waals surface area contributed by atoms with Crippen LogP contribution in [0, 0.1) is 0 Å². The maximum atomic E-state index is 12.9. The average Bonchev–Trinajstić information content (AvgIpc) is 3.23. The van der Waals surface area contributed by atoms with E-state index >= 15 is 0 Å². The Morgan fingerprint density at radius 3 is 2.61 bits per heavy atom. The fraction of sp³-hybridized carbons (Fsp3) is 0.0476. The highest BCUT2D eigenvalue weighted by molar-refractivity contribution is 9.10. The molecule has 0 saturated heterocycles. The smallest absolute Gasteiger partial charge is 0.291 e. The molecular formula is C21H17BrN2O4. The second-order valence-corrected chi connectivity index (χ2v) is 6.61. The second-order valence-electron chi connectivity index (χ2n) is 5.70. The summed E-state index contributed by atoms with van der Waals surface area (Å²) >= 11 is 3.40. The molecule has 2 amide bonds. The lowest BCUT2D eigenvalue weighted by Crippen LogP contribution is -2.30. The minimum absolute atomic E-state index is 0.0606. The largest absolute Gasteiger partial charge is 0.495 e. The Labute approximate surface area is 170 Å². The van der Waals surface area contributed by atoms with Crippen molar-refractivity contribution in [1.82, 2.24) is 5.32 Å². The van der Waals surface area contributed by atoms with Crippen LogP contribution in [0.15, 0.2) is 81.5 Å². The summed E-state index contributed by atoms with van der Waals surface area (Å²) in [7, 11) is 1.52. The predicted octanol–water partition coefficient (Wildman–Crippen LogP) is 4.46. The molecule has 1 aromatic heterocycles. The first-order valence-electron chi connectivity index (χ1n) is 8.33. The van der Waals surface area contributed by atoms with Crippen LogP contribution in [0.1, 0.15) is 16.1 Å². The van der Waals surface area contributed by atoms with Gasteiger partial charge in [0.25, 0.3) is 11.8 Å². The van der Waals surface area contributed by atoms with Crippen LogP contribution in [0.3, 0.4) is 0 Å². The van der Waals surface area contributed by atoms with Crippen molar-refractivity contribution in [3.05, 3.63) is 88.4 Å². The Morgan fingerprint density at radius 2 is 1.89 bits per heavy atom. The Hall–Kier alpha value is -3.32. The average molecular weight is 441 g/mol. The fourth-order valence-corrected chi connectivity index (χ4v) is 2.87. The van der Waals surface area contributed by atoms with Gasteiger partial charge in [-0.05, 0) is 48.0 Å². The zero-order valence-electron chi connectivity index (χ0n) is 14.9. The Balaban J connectivity index is 1.90. The molecule has 0 aliphatic rings. The molecule has 2 N–H and O–H groups in total. The number of halogens is 1. The van der Waals surface area contributed by atoms with E-state index in [-0.39, 0.29) is 11.5 Å². The summed E-state index contributed by atoms with van der Waals surface area (Å²) in [6, 6.07) is 17.5. The SMILES string of the molecule is COc1ccccc1NC(=O)C(=Cc1cccc(Br)c1)NC(=O)c1ccco1. The van der Waals surface area contributed by atoms with Gasteiger partial charge in [-0.2, -0.15) is 0 Å². The molecule has 3 aromatic rings. The summed E-state index contributed by atoms with van der Waals surface area (Å²) in [6.07, 6.45) is 2.97. The highest BCUT2D eigenvalue weighted by Crippen LogP contribution is 2.24. The van der Waals surface area contributed by atoms with Gasteiger partial charge in [-0.1, -0.05) is 40.2 Å². The van der Waals surface area contributed by atoms with E-state index in [0.717, 1.165) is 10.0 Å². The number of methoxy groups -OCH3 is 1. The van der Waals surface area contributed by atoms with Gasteiger partial charge in [0, 0.05) is 4.47 Å². The summed E-state index contributed by atoms with van der Waals surface area (Å²) in [5.74, 6) is -0.411. The van der Waals surface area contributed by atoms with Gasteiger partial charge >= 0.3 is 0 Å². The Bertz CT molecular complexity index is 1010. The van der Waals surface area contributed by atoms with Crippen LogP contribution in [-0.2, 0) is 4.79 Å². The monoisotopic (exact) mass is 440 g/mol. The van der Waals surface area contributed by atoms with Crippen molar-refractivity contribution in [3.63, 3.8) is 0 Å². The molecule has 6 nitrogen and oxygen atoms in total. The standard InChI is InChI=1S/C21H17BrN2O4/c1-27-18-9-3-2-8-16(18)23-20(25)17(13-14-6-4-7-15(22)12-14)24-21(26)19-10-5-11-28-19/h2-13H,1H3,(H,23,25)(H,24,26). The van der Waals surface area contributed by atoms with Gasteiger partial charge in [-0.25, -0.2) is 0 Å². The Kier molecular flexibility index (Phi) is 6.29. The molecule has 0 fully saturated rings. The topological polar surface area (TPSA) is 80.6 Å². The van der Waals surface area contributed by atoms with Gasteiger partial charge in [0.05, 0.1) is 19.1 Å². The molecule has 0 aliphatic carbocycles. The van der Waals surface area contributed by atoms with E-state index in [9.17, 15) is 9.59 Å². The van der Waals surface area contributed by atoms with E-state index in [0.29, 0.717) is 11.4 Å². The van der Waals surface area contributed by atoms with Crippen LogP contribution in [0.2, 0.25) is 0 Å². The van der Waals surface area contributed by atoms with E-state index < -0.39 is 11.8 Å². The molecule has 28 heavy (non-hydrogen) atoms.